The molecule has 19 heavy (non-hydrogen) atoms. The minimum atomic E-state index is -0.204. The standard InChI is InChI=1S/C13H15ClN4O/c1-7-12(8(2)18(3)17-7)13(19)16-9-4-5-10(14)11(15)6-9/h4-6H,15H2,1-3H3,(H,16,19). The molecule has 0 saturated heterocycles. The minimum absolute atomic E-state index is 0.204. The van der Waals surface area contributed by atoms with Gasteiger partial charge in [-0.1, -0.05) is 11.6 Å². The molecule has 0 aliphatic carbocycles. The molecule has 0 radical (unpaired) electrons. The van der Waals surface area contributed by atoms with E-state index < -0.39 is 0 Å². The third-order valence-corrected chi connectivity index (χ3v) is 3.33. The van der Waals surface area contributed by atoms with Crippen LogP contribution in [0, 0.1) is 13.8 Å². The maximum Gasteiger partial charge on any atom is 0.259 e. The smallest absolute Gasteiger partial charge is 0.259 e. The van der Waals surface area contributed by atoms with Gasteiger partial charge in [0.05, 0.1) is 22.0 Å². The zero-order chi connectivity index (χ0) is 14.2. The van der Waals surface area contributed by atoms with Gasteiger partial charge in [-0.3, -0.25) is 9.48 Å². The Morgan fingerprint density at radius 1 is 1.42 bits per heavy atom. The summed E-state index contributed by atoms with van der Waals surface area (Å²) in [4.78, 5) is 12.2. The minimum Gasteiger partial charge on any atom is -0.397 e. The second-order valence-corrected chi connectivity index (χ2v) is 4.77. The average Bonchev–Trinajstić information content (AvgIpc) is 2.58. The molecule has 2 aromatic rings. The third kappa shape index (κ3) is 2.56. The van der Waals surface area contributed by atoms with Crippen LogP contribution < -0.4 is 11.1 Å². The molecule has 0 bridgehead atoms. The van der Waals surface area contributed by atoms with Crippen molar-refractivity contribution in [3.63, 3.8) is 0 Å². The maximum absolute atomic E-state index is 12.2. The molecule has 0 spiro atoms. The van der Waals surface area contributed by atoms with E-state index in [1.807, 2.05) is 6.92 Å². The number of amides is 1. The van der Waals surface area contributed by atoms with Crippen LogP contribution in [0.2, 0.25) is 5.02 Å². The molecule has 1 aromatic heterocycles. The van der Waals surface area contributed by atoms with E-state index in [0.29, 0.717) is 27.7 Å². The monoisotopic (exact) mass is 278 g/mol. The van der Waals surface area contributed by atoms with E-state index in [1.165, 1.54) is 0 Å². The Morgan fingerprint density at radius 3 is 2.63 bits per heavy atom. The van der Waals surface area contributed by atoms with Crippen LogP contribution in [-0.4, -0.2) is 15.7 Å². The molecule has 0 aliphatic heterocycles. The largest absolute Gasteiger partial charge is 0.397 e. The molecule has 1 amide bonds. The van der Waals surface area contributed by atoms with Gasteiger partial charge in [0.1, 0.15) is 0 Å². The Balaban J connectivity index is 2.28. The summed E-state index contributed by atoms with van der Waals surface area (Å²) in [5.74, 6) is -0.204. The number of rotatable bonds is 2. The van der Waals surface area contributed by atoms with Crippen LogP contribution in [0.25, 0.3) is 0 Å². The van der Waals surface area contributed by atoms with Crippen LogP contribution in [0.4, 0.5) is 11.4 Å². The lowest BCUT2D eigenvalue weighted by atomic mass is 10.1. The van der Waals surface area contributed by atoms with Crippen molar-refractivity contribution < 1.29 is 4.79 Å². The summed E-state index contributed by atoms with van der Waals surface area (Å²) >= 11 is 5.84. The normalized spacial score (nSPS) is 10.5. The van der Waals surface area contributed by atoms with E-state index in [1.54, 1.807) is 36.9 Å². The summed E-state index contributed by atoms with van der Waals surface area (Å²) in [5, 5.41) is 7.47. The molecule has 0 fully saturated rings. The van der Waals surface area contributed by atoms with E-state index in [4.69, 9.17) is 17.3 Å². The second kappa shape index (κ2) is 4.93. The molecule has 1 aromatic carbocycles. The Kier molecular flexibility index (Phi) is 3.48. The molecule has 6 heteroatoms. The number of nitrogens with one attached hydrogen (secondary N) is 1. The summed E-state index contributed by atoms with van der Waals surface area (Å²) in [6.45, 7) is 3.66. The molecule has 0 aliphatic rings. The van der Waals surface area contributed by atoms with Gasteiger partial charge >= 0.3 is 0 Å². The predicted octanol–water partition coefficient (Wildman–Crippen LogP) is 2.52. The van der Waals surface area contributed by atoms with E-state index in [9.17, 15) is 4.79 Å². The van der Waals surface area contributed by atoms with Gasteiger partial charge in [0.2, 0.25) is 0 Å². The number of nitrogens with two attached hydrogens (primary N) is 1. The van der Waals surface area contributed by atoms with Crippen LogP contribution in [0.3, 0.4) is 0 Å². The Morgan fingerprint density at radius 2 is 2.11 bits per heavy atom. The van der Waals surface area contributed by atoms with Crippen LogP contribution >= 0.6 is 11.6 Å². The molecule has 0 atom stereocenters. The van der Waals surface area contributed by atoms with Crippen molar-refractivity contribution in [2.75, 3.05) is 11.1 Å². The van der Waals surface area contributed by atoms with Gasteiger partial charge in [0.25, 0.3) is 5.91 Å². The Labute approximate surface area is 116 Å². The first-order chi connectivity index (χ1) is 8.90. The van der Waals surface area contributed by atoms with Crippen LogP contribution in [0.5, 0.6) is 0 Å². The van der Waals surface area contributed by atoms with Crippen LogP contribution in [-0.2, 0) is 7.05 Å². The number of hydrogen-bond donors (Lipinski definition) is 2. The lowest BCUT2D eigenvalue weighted by molar-refractivity contribution is 0.102. The van der Waals surface area contributed by atoms with Crippen molar-refractivity contribution in [2.45, 2.75) is 13.8 Å². The highest BCUT2D eigenvalue weighted by molar-refractivity contribution is 6.33. The maximum atomic E-state index is 12.2. The first-order valence-electron chi connectivity index (χ1n) is 5.76. The van der Waals surface area contributed by atoms with Crippen molar-refractivity contribution in [1.82, 2.24) is 9.78 Å². The van der Waals surface area contributed by atoms with Gasteiger partial charge in [-0.15, -0.1) is 0 Å². The number of halogens is 1. The van der Waals surface area contributed by atoms with Crippen molar-refractivity contribution >= 4 is 28.9 Å². The van der Waals surface area contributed by atoms with Gasteiger partial charge in [0, 0.05) is 18.4 Å². The summed E-state index contributed by atoms with van der Waals surface area (Å²) in [5.41, 5.74) is 8.83. The number of nitrogen functional groups attached to an aromatic ring is 1. The molecule has 0 saturated carbocycles. The van der Waals surface area contributed by atoms with Crippen molar-refractivity contribution in [1.29, 1.82) is 0 Å². The second-order valence-electron chi connectivity index (χ2n) is 4.36. The number of benzene rings is 1. The van der Waals surface area contributed by atoms with Crippen molar-refractivity contribution in [2.24, 2.45) is 7.05 Å². The van der Waals surface area contributed by atoms with E-state index >= 15 is 0 Å². The summed E-state index contributed by atoms with van der Waals surface area (Å²) < 4.78 is 1.68. The number of carbonyl (C=O) groups is 1. The fraction of sp³-hybridized carbons (Fsp3) is 0.231. The first-order valence-corrected chi connectivity index (χ1v) is 6.14. The highest BCUT2D eigenvalue weighted by atomic mass is 35.5. The molecule has 100 valence electrons. The number of carbonyl (C=O) groups excluding carboxylic acids is 1. The fourth-order valence-electron chi connectivity index (χ4n) is 1.92. The molecule has 3 N–H and O–H groups in total. The quantitative estimate of drug-likeness (QED) is 0.829. The lowest BCUT2D eigenvalue weighted by Crippen LogP contribution is -2.14. The average molecular weight is 279 g/mol. The number of hydrogen-bond acceptors (Lipinski definition) is 3. The zero-order valence-electron chi connectivity index (χ0n) is 11.0. The highest BCUT2D eigenvalue weighted by Crippen LogP contribution is 2.23. The predicted molar refractivity (Wildman–Crippen MR) is 76.5 cm³/mol. The van der Waals surface area contributed by atoms with Gasteiger partial charge in [-0.2, -0.15) is 5.10 Å². The highest BCUT2D eigenvalue weighted by Gasteiger charge is 2.17. The van der Waals surface area contributed by atoms with Gasteiger partial charge in [-0.25, -0.2) is 0 Å². The Hall–Kier alpha value is -2.01. The van der Waals surface area contributed by atoms with E-state index in [0.717, 1.165) is 5.69 Å². The van der Waals surface area contributed by atoms with Crippen molar-refractivity contribution in [3.05, 3.63) is 40.2 Å². The van der Waals surface area contributed by atoms with Crippen molar-refractivity contribution in [3.8, 4) is 0 Å². The first kappa shape index (κ1) is 13.4. The molecule has 0 unspecified atom stereocenters. The lowest BCUT2D eigenvalue weighted by Gasteiger charge is -2.07. The molecular weight excluding hydrogens is 264 g/mol. The number of anilines is 2. The van der Waals surface area contributed by atoms with Gasteiger partial charge in [-0.05, 0) is 32.0 Å². The van der Waals surface area contributed by atoms with Gasteiger partial charge < -0.3 is 11.1 Å². The van der Waals surface area contributed by atoms with Gasteiger partial charge in [0.15, 0.2) is 0 Å². The molecule has 2 rings (SSSR count). The fourth-order valence-corrected chi connectivity index (χ4v) is 2.03. The molecule has 1 heterocycles. The van der Waals surface area contributed by atoms with E-state index in [2.05, 4.69) is 10.4 Å². The number of aromatic nitrogens is 2. The SMILES string of the molecule is Cc1nn(C)c(C)c1C(=O)Nc1ccc(Cl)c(N)c1. The number of aryl methyl sites for hydroxylation is 2. The summed E-state index contributed by atoms with van der Waals surface area (Å²) in [6.07, 6.45) is 0. The van der Waals surface area contributed by atoms with E-state index in [-0.39, 0.29) is 5.91 Å². The van der Waals surface area contributed by atoms with Crippen LogP contribution in [0.15, 0.2) is 18.2 Å². The number of nitrogens with zero attached hydrogens (tertiary/aromatic N) is 2. The third-order valence-electron chi connectivity index (χ3n) is 2.99. The Bertz CT molecular complexity index is 648. The molecular formula is C13H15ClN4O. The topological polar surface area (TPSA) is 72.9 Å². The van der Waals surface area contributed by atoms with Crippen LogP contribution in [0.1, 0.15) is 21.7 Å². The molecule has 5 nitrogen and oxygen atoms in total. The summed E-state index contributed by atoms with van der Waals surface area (Å²) in [7, 11) is 1.80. The summed E-state index contributed by atoms with van der Waals surface area (Å²) in [6, 6.07) is 4.98. The zero-order valence-corrected chi connectivity index (χ0v) is 11.7.